The van der Waals surface area contributed by atoms with Crippen LogP contribution < -0.4 is 0 Å². The summed E-state index contributed by atoms with van der Waals surface area (Å²) in [6, 6.07) is 3.62. The standard InChI is InChI=1S/C12H19NO3S2/c1-3-11-6-7-12(17-11)18(14,15)13-8-4-5-10(9-13)16-2/h6-7,10H,3-5,8-9H2,1-2H3. The first-order chi connectivity index (χ1) is 8.57. The largest absolute Gasteiger partial charge is 0.380 e. The van der Waals surface area contributed by atoms with Crippen LogP contribution in [0.5, 0.6) is 0 Å². The van der Waals surface area contributed by atoms with Gasteiger partial charge < -0.3 is 4.74 Å². The van der Waals surface area contributed by atoms with Gasteiger partial charge in [-0.3, -0.25) is 0 Å². The van der Waals surface area contributed by atoms with E-state index in [4.69, 9.17) is 4.74 Å². The van der Waals surface area contributed by atoms with Gasteiger partial charge in [0.2, 0.25) is 0 Å². The molecule has 1 aliphatic rings. The minimum absolute atomic E-state index is 0.0270. The lowest BCUT2D eigenvalue weighted by atomic mass is 10.1. The molecule has 18 heavy (non-hydrogen) atoms. The van der Waals surface area contributed by atoms with Crippen LogP contribution >= 0.6 is 11.3 Å². The molecular weight excluding hydrogens is 270 g/mol. The van der Waals surface area contributed by atoms with Crippen LogP contribution in [0.1, 0.15) is 24.6 Å². The lowest BCUT2D eigenvalue weighted by Gasteiger charge is -2.30. The maximum atomic E-state index is 12.5. The molecule has 0 saturated carbocycles. The monoisotopic (exact) mass is 289 g/mol. The molecule has 1 saturated heterocycles. The van der Waals surface area contributed by atoms with Crippen LogP contribution in [0.2, 0.25) is 0 Å². The summed E-state index contributed by atoms with van der Waals surface area (Å²) >= 11 is 1.37. The Labute approximate surface area is 113 Å². The maximum absolute atomic E-state index is 12.5. The van der Waals surface area contributed by atoms with Crippen molar-refractivity contribution in [2.75, 3.05) is 20.2 Å². The Bertz CT molecular complexity index is 495. The molecule has 4 nitrogen and oxygen atoms in total. The topological polar surface area (TPSA) is 46.6 Å². The van der Waals surface area contributed by atoms with E-state index in [9.17, 15) is 8.42 Å². The molecule has 1 unspecified atom stereocenters. The second kappa shape index (κ2) is 5.69. The molecule has 2 rings (SSSR count). The lowest BCUT2D eigenvalue weighted by Crippen LogP contribution is -2.42. The quantitative estimate of drug-likeness (QED) is 0.853. The summed E-state index contributed by atoms with van der Waals surface area (Å²) < 4.78 is 32.2. The second-order valence-electron chi connectivity index (χ2n) is 4.44. The minimum atomic E-state index is -3.32. The Hall–Kier alpha value is -0.430. The molecule has 1 aromatic heterocycles. The number of rotatable bonds is 4. The molecule has 0 spiro atoms. The summed E-state index contributed by atoms with van der Waals surface area (Å²) in [5.74, 6) is 0. The summed E-state index contributed by atoms with van der Waals surface area (Å²) in [7, 11) is -1.68. The fraction of sp³-hybridized carbons (Fsp3) is 0.667. The van der Waals surface area contributed by atoms with Crippen LogP contribution in [0.3, 0.4) is 0 Å². The molecule has 1 fully saturated rings. The van der Waals surface area contributed by atoms with Gasteiger partial charge >= 0.3 is 0 Å². The molecule has 0 bridgehead atoms. The van der Waals surface area contributed by atoms with E-state index in [0.717, 1.165) is 24.1 Å². The van der Waals surface area contributed by atoms with Crippen molar-refractivity contribution in [2.45, 2.75) is 36.5 Å². The van der Waals surface area contributed by atoms with Crippen LogP contribution in [0.4, 0.5) is 0 Å². The second-order valence-corrected chi connectivity index (χ2v) is 7.77. The summed E-state index contributed by atoms with van der Waals surface area (Å²) in [5.41, 5.74) is 0. The number of hydrogen-bond acceptors (Lipinski definition) is 4. The summed E-state index contributed by atoms with van der Waals surface area (Å²) in [6.45, 7) is 3.10. The Morgan fingerprint density at radius 1 is 1.50 bits per heavy atom. The van der Waals surface area contributed by atoms with E-state index >= 15 is 0 Å². The maximum Gasteiger partial charge on any atom is 0.252 e. The highest BCUT2D eigenvalue weighted by molar-refractivity contribution is 7.91. The number of piperidine rings is 1. The molecule has 1 aromatic rings. The zero-order chi connectivity index (χ0) is 13.2. The zero-order valence-electron chi connectivity index (χ0n) is 10.8. The molecular formula is C12H19NO3S2. The minimum Gasteiger partial charge on any atom is -0.380 e. The van der Waals surface area contributed by atoms with Gasteiger partial charge in [0.15, 0.2) is 0 Å². The molecule has 102 valence electrons. The Balaban J connectivity index is 2.19. The number of methoxy groups -OCH3 is 1. The summed E-state index contributed by atoms with van der Waals surface area (Å²) in [5, 5.41) is 0. The van der Waals surface area contributed by atoms with E-state index in [1.807, 2.05) is 13.0 Å². The third-order valence-electron chi connectivity index (χ3n) is 3.25. The number of sulfonamides is 1. The Morgan fingerprint density at radius 3 is 2.89 bits per heavy atom. The number of hydrogen-bond donors (Lipinski definition) is 0. The van der Waals surface area contributed by atoms with E-state index < -0.39 is 10.0 Å². The normalized spacial score (nSPS) is 22.2. The first kappa shape index (κ1) is 14.0. The highest BCUT2D eigenvalue weighted by Crippen LogP contribution is 2.27. The van der Waals surface area contributed by atoms with Crippen LogP contribution in [-0.2, 0) is 21.2 Å². The van der Waals surface area contributed by atoms with E-state index in [2.05, 4.69) is 0 Å². The molecule has 0 aliphatic carbocycles. The van der Waals surface area contributed by atoms with E-state index in [-0.39, 0.29) is 6.10 Å². The highest BCUT2D eigenvalue weighted by Gasteiger charge is 2.31. The molecule has 0 N–H and O–H groups in total. The van der Waals surface area contributed by atoms with Gasteiger partial charge in [-0.25, -0.2) is 8.42 Å². The van der Waals surface area contributed by atoms with Crippen molar-refractivity contribution in [1.82, 2.24) is 4.31 Å². The van der Waals surface area contributed by atoms with Crippen molar-refractivity contribution in [2.24, 2.45) is 0 Å². The molecule has 0 aromatic carbocycles. The van der Waals surface area contributed by atoms with Crippen LogP contribution in [0.25, 0.3) is 0 Å². The van der Waals surface area contributed by atoms with Crippen LogP contribution in [-0.4, -0.2) is 39.0 Å². The molecule has 2 heterocycles. The van der Waals surface area contributed by atoms with Gasteiger partial charge in [-0.2, -0.15) is 4.31 Å². The summed E-state index contributed by atoms with van der Waals surface area (Å²) in [6.07, 6.45) is 2.71. The van der Waals surface area contributed by atoms with Crippen molar-refractivity contribution in [1.29, 1.82) is 0 Å². The van der Waals surface area contributed by atoms with Gasteiger partial charge in [-0.15, -0.1) is 11.3 Å². The first-order valence-corrected chi connectivity index (χ1v) is 8.45. The average molecular weight is 289 g/mol. The smallest absolute Gasteiger partial charge is 0.252 e. The van der Waals surface area contributed by atoms with Gasteiger partial charge in [0.05, 0.1) is 6.10 Å². The van der Waals surface area contributed by atoms with Gasteiger partial charge in [0.25, 0.3) is 10.0 Å². The van der Waals surface area contributed by atoms with Gasteiger partial charge in [-0.05, 0) is 31.4 Å². The molecule has 0 amide bonds. The van der Waals surface area contributed by atoms with E-state index in [1.54, 1.807) is 17.5 Å². The number of nitrogens with zero attached hydrogens (tertiary/aromatic N) is 1. The molecule has 1 aliphatic heterocycles. The van der Waals surface area contributed by atoms with Gasteiger partial charge in [-0.1, -0.05) is 6.92 Å². The van der Waals surface area contributed by atoms with Gasteiger partial charge in [0, 0.05) is 25.1 Å². The van der Waals surface area contributed by atoms with Crippen molar-refractivity contribution < 1.29 is 13.2 Å². The zero-order valence-corrected chi connectivity index (χ0v) is 12.4. The number of ether oxygens (including phenoxy) is 1. The van der Waals surface area contributed by atoms with Crippen molar-refractivity contribution >= 4 is 21.4 Å². The molecule has 1 atom stereocenters. The fourth-order valence-corrected chi connectivity index (χ4v) is 5.09. The Morgan fingerprint density at radius 2 is 2.28 bits per heavy atom. The Kier molecular flexibility index (Phi) is 4.42. The third-order valence-corrected chi connectivity index (χ3v) is 6.82. The predicted molar refractivity (Wildman–Crippen MR) is 72.5 cm³/mol. The van der Waals surface area contributed by atoms with Crippen molar-refractivity contribution in [3.63, 3.8) is 0 Å². The molecule has 6 heteroatoms. The van der Waals surface area contributed by atoms with Crippen molar-refractivity contribution in [3.05, 3.63) is 17.0 Å². The number of thiophene rings is 1. The predicted octanol–water partition coefficient (Wildman–Crippen LogP) is 2.11. The van der Waals surface area contributed by atoms with Crippen LogP contribution in [0.15, 0.2) is 16.3 Å². The first-order valence-electron chi connectivity index (χ1n) is 6.19. The summed E-state index contributed by atoms with van der Waals surface area (Å²) in [4.78, 5) is 1.11. The highest BCUT2D eigenvalue weighted by atomic mass is 32.2. The fourth-order valence-electron chi connectivity index (χ4n) is 2.13. The average Bonchev–Trinajstić information content (AvgIpc) is 2.88. The van der Waals surface area contributed by atoms with Gasteiger partial charge in [0.1, 0.15) is 4.21 Å². The van der Waals surface area contributed by atoms with E-state index in [1.165, 1.54) is 11.3 Å². The third kappa shape index (κ3) is 2.77. The molecule has 0 radical (unpaired) electrons. The van der Waals surface area contributed by atoms with Crippen molar-refractivity contribution in [3.8, 4) is 0 Å². The SMILES string of the molecule is CCc1ccc(S(=O)(=O)N2CCCC(OC)C2)s1. The van der Waals surface area contributed by atoms with Crippen LogP contribution in [0, 0.1) is 0 Å². The lowest BCUT2D eigenvalue weighted by molar-refractivity contribution is 0.0572. The van der Waals surface area contributed by atoms with E-state index in [0.29, 0.717) is 17.3 Å². The number of aryl methyl sites for hydroxylation is 1.